The molecule has 0 spiro atoms. The van der Waals surface area contributed by atoms with Gasteiger partial charge in [0.2, 0.25) is 5.78 Å². The Morgan fingerprint density at radius 3 is 2.64 bits per heavy atom. The van der Waals surface area contributed by atoms with Crippen molar-refractivity contribution in [3.05, 3.63) is 94.4 Å². The van der Waals surface area contributed by atoms with Crippen LogP contribution in [0, 0.1) is 6.92 Å². The minimum atomic E-state index is -1.14. The lowest BCUT2D eigenvalue weighted by molar-refractivity contribution is -0.117. The molecule has 2 N–H and O–H groups in total. The van der Waals surface area contributed by atoms with Gasteiger partial charge >= 0.3 is 5.97 Å². The van der Waals surface area contributed by atoms with Gasteiger partial charge < -0.3 is 24.1 Å². The van der Waals surface area contributed by atoms with Crippen LogP contribution in [-0.4, -0.2) is 46.6 Å². The molecule has 1 aliphatic rings. The molecule has 0 saturated heterocycles. The van der Waals surface area contributed by atoms with E-state index in [1.807, 2.05) is 0 Å². The van der Waals surface area contributed by atoms with Gasteiger partial charge in [0.25, 0.3) is 5.91 Å². The minimum Gasteiger partial charge on any atom is -0.508 e. The van der Waals surface area contributed by atoms with Crippen molar-refractivity contribution in [2.24, 2.45) is 0 Å². The number of furan rings is 1. The monoisotopic (exact) mass is 546 g/mol. The normalized spacial score (nSPS) is 15.2. The van der Waals surface area contributed by atoms with Crippen LogP contribution in [0.15, 0.2) is 76.9 Å². The molecule has 0 aliphatic carbocycles. The Bertz CT molecular complexity index is 1660. The molecule has 1 unspecified atom stereocenters. The predicted octanol–water partition coefficient (Wildman–Crippen LogP) is 5.04. The molecule has 0 fully saturated rings. The van der Waals surface area contributed by atoms with Gasteiger partial charge in [0, 0.05) is 5.39 Å². The highest BCUT2D eigenvalue weighted by Crippen LogP contribution is 2.44. The molecule has 1 atom stereocenters. The number of esters is 1. The number of aliphatic hydroxyl groups is 1. The maximum atomic E-state index is 13.8. The van der Waals surface area contributed by atoms with Crippen LogP contribution in [0.4, 0.5) is 5.13 Å². The smallest absolute Gasteiger partial charge is 0.350 e. The summed E-state index contributed by atoms with van der Waals surface area (Å²) < 4.78 is 16.2. The number of ether oxygens (including phenoxy) is 2. The highest BCUT2D eigenvalue weighted by Gasteiger charge is 2.47. The number of aromatic nitrogens is 1. The third-order valence-corrected chi connectivity index (χ3v) is 7.26. The fraction of sp³-hybridized carbons (Fsp3) is 0.143. The molecule has 0 saturated carbocycles. The molecule has 0 radical (unpaired) electrons. The van der Waals surface area contributed by atoms with Crippen molar-refractivity contribution in [2.45, 2.75) is 13.0 Å². The summed E-state index contributed by atoms with van der Waals surface area (Å²) in [7, 11) is 1.47. The van der Waals surface area contributed by atoms with Crippen molar-refractivity contribution in [1.82, 2.24) is 4.98 Å². The highest BCUT2D eigenvalue weighted by molar-refractivity contribution is 7.17. The Hall–Kier alpha value is -4.90. The second-order valence-electron chi connectivity index (χ2n) is 8.55. The largest absolute Gasteiger partial charge is 0.508 e. The van der Waals surface area contributed by atoms with Crippen LogP contribution in [-0.2, 0) is 9.53 Å². The average Bonchev–Trinajstić information content (AvgIpc) is 3.61. The van der Waals surface area contributed by atoms with Gasteiger partial charge in [0.1, 0.15) is 17.2 Å². The third kappa shape index (κ3) is 4.42. The minimum absolute atomic E-state index is 0.00638. The van der Waals surface area contributed by atoms with Crippen LogP contribution in [0.2, 0.25) is 0 Å². The number of phenolic OH excluding ortho intramolecular Hbond substituents is 1. The van der Waals surface area contributed by atoms with Crippen molar-refractivity contribution in [3.63, 3.8) is 0 Å². The second-order valence-corrected chi connectivity index (χ2v) is 9.53. The number of Topliss-reactive ketones (excluding diaryl/α,β-unsaturated/α-hetero) is 1. The summed E-state index contributed by atoms with van der Waals surface area (Å²) in [6.45, 7) is 5.10. The van der Waals surface area contributed by atoms with Gasteiger partial charge in [-0.05, 0) is 36.8 Å². The van der Waals surface area contributed by atoms with E-state index in [2.05, 4.69) is 11.6 Å². The predicted molar refractivity (Wildman–Crippen MR) is 142 cm³/mol. The number of rotatable bonds is 8. The Morgan fingerprint density at radius 2 is 1.95 bits per heavy atom. The van der Waals surface area contributed by atoms with Crippen molar-refractivity contribution < 1.29 is 38.5 Å². The molecule has 5 rings (SSSR count). The first-order chi connectivity index (χ1) is 18.7. The quantitative estimate of drug-likeness (QED) is 0.177. The number of aryl methyl sites for hydroxylation is 1. The zero-order valence-electron chi connectivity index (χ0n) is 20.8. The molecule has 4 aromatic rings. The topological polar surface area (TPSA) is 139 Å². The van der Waals surface area contributed by atoms with Crippen molar-refractivity contribution in [2.75, 3.05) is 18.6 Å². The number of methoxy groups -OCH3 is 1. The van der Waals surface area contributed by atoms with E-state index in [0.29, 0.717) is 28.0 Å². The lowest BCUT2D eigenvalue weighted by Crippen LogP contribution is -2.31. The molecule has 39 heavy (non-hydrogen) atoms. The molecule has 2 aromatic heterocycles. The van der Waals surface area contributed by atoms with Gasteiger partial charge in [-0.25, -0.2) is 9.78 Å². The SMILES string of the molecule is C=CCOC(=O)c1sc(N2C(=O)C(O)=C(C(=O)c3cc4cccc(OC)c4o3)C2c2ccc(O)cc2)nc1C. The average molecular weight is 547 g/mol. The van der Waals surface area contributed by atoms with Crippen LogP contribution in [0.25, 0.3) is 11.0 Å². The molecule has 1 aliphatic heterocycles. The van der Waals surface area contributed by atoms with Crippen molar-refractivity contribution in [1.29, 1.82) is 0 Å². The highest BCUT2D eigenvalue weighted by atomic mass is 32.1. The number of hydrogen-bond acceptors (Lipinski definition) is 10. The van der Waals surface area contributed by atoms with Gasteiger partial charge in [-0.1, -0.05) is 48.3 Å². The number of thiazole rings is 1. The second kappa shape index (κ2) is 10.1. The van der Waals surface area contributed by atoms with Gasteiger partial charge in [-0.15, -0.1) is 0 Å². The molecule has 3 heterocycles. The number of carbonyl (C=O) groups excluding carboxylic acids is 3. The third-order valence-electron chi connectivity index (χ3n) is 6.12. The number of para-hydroxylation sites is 1. The molecule has 11 heteroatoms. The maximum Gasteiger partial charge on any atom is 0.350 e. The fourth-order valence-electron chi connectivity index (χ4n) is 4.32. The number of amides is 1. The van der Waals surface area contributed by atoms with Crippen LogP contribution in [0.1, 0.15) is 37.5 Å². The molecule has 1 amide bonds. The molecule has 0 bridgehead atoms. The zero-order valence-corrected chi connectivity index (χ0v) is 21.7. The first-order valence-corrected chi connectivity index (χ1v) is 12.5. The number of hydrogen-bond donors (Lipinski definition) is 2. The van der Waals surface area contributed by atoms with Gasteiger partial charge in [-0.2, -0.15) is 0 Å². The summed E-state index contributed by atoms with van der Waals surface area (Å²) in [5.74, 6) is -2.76. The van der Waals surface area contributed by atoms with Gasteiger partial charge in [0.15, 0.2) is 28.0 Å². The maximum absolute atomic E-state index is 13.8. The summed E-state index contributed by atoms with van der Waals surface area (Å²) in [5, 5.41) is 21.5. The standard InChI is InChI=1S/C28H22N2O8S/c1-4-12-37-27(35)25-14(2)29-28(39-25)30-21(15-8-10-17(31)11-9-15)20(23(33)26(30)34)22(32)19-13-16-6-5-7-18(36-3)24(16)38-19/h4-11,13,21,31,33H,1,12H2,2-3H3. The van der Waals surface area contributed by atoms with Crippen LogP contribution in [0.5, 0.6) is 11.5 Å². The number of ketones is 1. The van der Waals surface area contributed by atoms with E-state index in [4.69, 9.17) is 13.9 Å². The van der Waals surface area contributed by atoms with Crippen LogP contribution >= 0.6 is 11.3 Å². The number of aliphatic hydroxyl groups excluding tert-OH is 1. The van der Waals surface area contributed by atoms with Gasteiger partial charge in [-0.3, -0.25) is 14.5 Å². The van der Waals surface area contributed by atoms with E-state index >= 15 is 0 Å². The lowest BCUT2D eigenvalue weighted by atomic mass is 9.95. The summed E-state index contributed by atoms with van der Waals surface area (Å²) in [6, 6.07) is 11.4. The van der Waals surface area contributed by atoms with Crippen LogP contribution < -0.4 is 9.64 Å². The number of anilines is 1. The van der Waals surface area contributed by atoms with E-state index < -0.39 is 29.5 Å². The van der Waals surface area contributed by atoms with Gasteiger partial charge in [0.05, 0.1) is 24.4 Å². The number of benzene rings is 2. The molecular weight excluding hydrogens is 524 g/mol. The fourth-order valence-corrected chi connectivity index (χ4v) is 5.31. The van der Waals surface area contributed by atoms with E-state index in [-0.39, 0.29) is 33.7 Å². The number of aromatic hydroxyl groups is 1. The molecular formula is C28H22N2O8S. The number of carbonyl (C=O) groups is 3. The number of phenols is 1. The summed E-state index contributed by atoms with van der Waals surface area (Å²) >= 11 is 0.888. The molecule has 198 valence electrons. The first kappa shape index (κ1) is 25.7. The van der Waals surface area contributed by atoms with E-state index in [9.17, 15) is 24.6 Å². The van der Waals surface area contributed by atoms with E-state index in [1.165, 1.54) is 43.5 Å². The first-order valence-electron chi connectivity index (χ1n) is 11.7. The Morgan fingerprint density at radius 1 is 1.21 bits per heavy atom. The number of nitrogens with zero attached hydrogens (tertiary/aromatic N) is 2. The zero-order chi connectivity index (χ0) is 27.8. The summed E-state index contributed by atoms with van der Waals surface area (Å²) in [6.07, 6.45) is 1.42. The Labute approximate surface area is 226 Å². The van der Waals surface area contributed by atoms with E-state index in [1.54, 1.807) is 25.1 Å². The lowest BCUT2D eigenvalue weighted by Gasteiger charge is -2.24. The number of fused-ring (bicyclic) bond motifs is 1. The van der Waals surface area contributed by atoms with Crippen molar-refractivity contribution >= 4 is 45.1 Å². The summed E-state index contributed by atoms with van der Waals surface area (Å²) in [5.41, 5.74) is 0.812. The van der Waals surface area contributed by atoms with E-state index in [0.717, 1.165) is 16.2 Å². The van der Waals surface area contributed by atoms with Crippen LogP contribution in [0.3, 0.4) is 0 Å². The Balaban J connectivity index is 1.62. The summed E-state index contributed by atoms with van der Waals surface area (Å²) in [4.78, 5) is 45.5. The van der Waals surface area contributed by atoms with Crippen molar-refractivity contribution in [3.8, 4) is 11.5 Å². The Kier molecular flexibility index (Phi) is 6.67. The molecule has 2 aromatic carbocycles. The molecule has 10 nitrogen and oxygen atoms in total.